The summed E-state index contributed by atoms with van der Waals surface area (Å²) in [7, 11) is 1.74. The van der Waals surface area contributed by atoms with E-state index >= 15 is 0 Å². The Morgan fingerprint density at radius 2 is 2.00 bits per heavy atom. The number of fused-ring (bicyclic) bond motifs is 2. The van der Waals surface area contributed by atoms with E-state index in [1.807, 2.05) is 6.07 Å². The zero-order chi connectivity index (χ0) is 12.6. The van der Waals surface area contributed by atoms with E-state index in [-0.39, 0.29) is 11.5 Å². The monoisotopic (exact) mass is 246 g/mol. The highest BCUT2D eigenvalue weighted by Gasteiger charge is 2.44. The molecule has 18 heavy (non-hydrogen) atoms. The molecule has 1 spiro atoms. The molecule has 0 bridgehead atoms. The first kappa shape index (κ1) is 12.0. The van der Waals surface area contributed by atoms with Crippen LogP contribution in [0.4, 0.5) is 0 Å². The van der Waals surface area contributed by atoms with Crippen LogP contribution in [0.25, 0.3) is 0 Å². The van der Waals surface area contributed by atoms with Gasteiger partial charge in [-0.05, 0) is 42.9 Å². The molecule has 2 aliphatic carbocycles. The molecule has 1 N–H and O–H groups in total. The Kier molecular flexibility index (Phi) is 3.06. The average molecular weight is 246 g/mol. The van der Waals surface area contributed by atoms with Crippen molar-refractivity contribution in [3.8, 4) is 5.75 Å². The fourth-order valence-corrected chi connectivity index (χ4v) is 4.00. The van der Waals surface area contributed by atoms with Gasteiger partial charge in [0, 0.05) is 5.41 Å². The SMILES string of the molecule is COc1cccc2c1CCC(O)C21CCCCC1. The standard InChI is InChI=1S/C16H22O2/c1-18-14-7-5-6-13-12(14)8-9-15(17)16(13)10-3-2-4-11-16/h5-7,15,17H,2-4,8-11H2,1H3. The fourth-order valence-electron chi connectivity index (χ4n) is 4.00. The van der Waals surface area contributed by atoms with Crippen LogP contribution in [0.15, 0.2) is 18.2 Å². The topological polar surface area (TPSA) is 29.5 Å². The summed E-state index contributed by atoms with van der Waals surface area (Å²) in [6.45, 7) is 0. The zero-order valence-corrected chi connectivity index (χ0v) is 11.1. The predicted octanol–water partition coefficient (Wildman–Crippen LogP) is 3.20. The number of ether oxygens (including phenoxy) is 1. The summed E-state index contributed by atoms with van der Waals surface area (Å²) in [4.78, 5) is 0. The van der Waals surface area contributed by atoms with Crippen molar-refractivity contribution in [1.29, 1.82) is 0 Å². The quantitative estimate of drug-likeness (QED) is 0.824. The van der Waals surface area contributed by atoms with Gasteiger partial charge in [0.15, 0.2) is 0 Å². The van der Waals surface area contributed by atoms with E-state index < -0.39 is 0 Å². The van der Waals surface area contributed by atoms with Gasteiger partial charge in [-0.2, -0.15) is 0 Å². The normalized spacial score (nSPS) is 25.8. The maximum atomic E-state index is 10.6. The highest BCUT2D eigenvalue weighted by Crippen LogP contribution is 2.49. The molecular weight excluding hydrogens is 224 g/mol. The van der Waals surface area contributed by atoms with Crippen LogP contribution in [0, 0.1) is 0 Å². The van der Waals surface area contributed by atoms with Crippen LogP contribution in [-0.4, -0.2) is 18.3 Å². The minimum Gasteiger partial charge on any atom is -0.496 e. The van der Waals surface area contributed by atoms with E-state index in [4.69, 9.17) is 4.74 Å². The van der Waals surface area contributed by atoms with Crippen molar-refractivity contribution in [2.75, 3.05) is 7.11 Å². The highest BCUT2D eigenvalue weighted by molar-refractivity contribution is 5.47. The second-order valence-electron chi connectivity index (χ2n) is 5.76. The molecule has 0 radical (unpaired) electrons. The van der Waals surface area contributed by atoms with E-state index in [0.29, 0.717) is 0 Å². The van der Waals surface area contributed by atoms with Gasteiger partial charge in [0.2, 0.25) is 0 Å². The van der Waals surface area contributed by atoms with Gasteiger partial charge in [-0.25, -0.2) is 0 Å². The molecule has 1 aromatic carbocycles. The molecule has 2 heteroatoms. The molecule has 0 heterocycles. The van der Waals surface area contributed by atoms with Crippen molar-refractivity contribution < 1.29 is 9.84 Å². The Morgan fingerprint density at radius 3 is 2.72 bits per heavy atom. The number of hydrogen-bond acceptors (Lipinski definition) is 2. The maximum absolute atomic E-state index is 10.6. The van der Waals surface area contributed by atoms with Crippen molar-refractivity contribution in [3.05, 3.63) is 29.3 Å². The maximum Gasteiger partial charge on any atom is 0.122 e. The second-order valence-corrected chi connectivity index (χ2v) is 5.76. The first-order valence-corrected chi connectivity index (χ1v) is 7.12. The lowest BCUT2D eigenvalue weighted by Crippen LogP contribution is -2.45. The first-order valence-electron chi connectivity index (χ1n) is 7.12. The third kappa shape index (κ3) is 1.66. The van der Waals surface area contributed by atoms with Gasteiger partial charge in [-0.3, -0.25) is 0 Å². The molecule has 0 aliphatic heterocycles. The molecule has 1 saturated carbocycles. The smallest absolute Gasteiger partial charge is 0.122 e. The lowest BCUT2D eigenvalue weighted by atomic mass is 9.61. The van der Waals surface area contributed by atoms with Crippen molar-refractivity contribution in [2.45, 2.75) is 56.5 Å². The third-order valence-corrected chi connectivity index (χ3v) is 4.94. The minimum atomic E-state index is -0.169. The molecule has 1 unspecified atom stereocenters. The predicted molar refractivity (Wildman–Crippen MR) is 72.1 cm³/mol. The Balaban J connectivity index is 2.11. The summed E-state index contributed by atoms with van der Waals surface area (Å²) >= 11 is 0. The second kappa shape index (κ2) is 4.58. The minimum absolute atomic E-state index is 0.0143. The van der Waals surface area contributed by atoms with E-state index in [2.05, 4.69) is 12.1 Å². The van der Waals surface area contributed by atoms with Crippen LogP contribution >= 0.6 is 0 Å². The third-order valence-electron chi connectivity index (χ3n) is 4.94. The molecule has 98 valence electrons. The van der Waals surface area contributed by atoms with Gasteiger partial charge in [0.25, 0.3) is 0 Å². The van der Waals surface area contributed by atoms with E-state index in [1.165, 1.54) is 30.4 Å². The summed E-state index contributed by atoms with van der Waals surface area (Å²) in [5, 5.41) is 10.6. The van der Waals surface area contributed by atoms with E-state index in [1.54, 1.807) is 7.11 Å². The zero-order valence-electron chi connectivity index (χ0n) is 11.1. The van der Waals surface area contributed by atoms with Gasteiger partial charge in [0.05, 0.1) is 13.2 Å². The molecular formula is C16H22O2. The van der Waals surface area contributed by atoms with Crippen LogP contribution in [0.1, 0.15) is 49.7 Å². The Labute approximate surface area is 109 Å². The van der Waals surface area contributed by atoms with E-state index in [9.17, 15) is 5.11 Å². The summed E-state index contributed by atoms with van der Waals surface area (Å²) in [5.41, 5.74) is 2.72. The molecule has 0 saturated heterocycles. The van der Waals surface area contributed by atoms with Gasteiger partial charge in [0.1, 0.15) is 5.75 Å². The number of aliphatic hydroxyl groups is 1. The molecule has 0 aromatic heterocycles. The lowest BCUT2D eigenvalue weighted by molar-refractivity contribution is 0.0386. The summed E-state index contributed by atoms with van der Waals surface area (Å²) in [6.07, 6.45) is 7.73. The molecule has 1 atom stereocenters. The first-order chi connectivity index (χ1) is 8.78. The largest absolute Gasteiger partial charge is 0.496 e. The number of rotatable bonds is 1. The van der Waals surface area contributed by atoms with Crippen LogP contribution < -0.4 is 4.74 Å². The van der Waals surface area contributed by atoms with Gasteiger partial charge < -0.3 is 9.84 Å². The fraction of sp³-hybridized carbons (Fsp3) is 0.625. The number of benzene rings is 1. The van der Waals surface area contributed by atoms with Gasteiger partial charge in [-0.1, -0.05) is 31.4 Å². The Morgan fingerprint density at radius 1 is 1.22 bits per heavy atom. The molecule has 3 rings (SSSR count). The summed E-state index contributed by atoms with van der Waals surface area (Å²) < 4.78 is 5.50. The van der Waals surface area contributed by atoms with Crippen LogP contribution in [0.5, 0.6) is 5.75 Å². The van der Waals surface area contributed by atoms with Gasteiger partial charge >= 0.3 is 0 Å². The number of aliphatic hydroxyl groups excluding tert-OH is 1. The lowest BCUT2D eigenvalue weighted by Gasteiger charge is -2.46. The molecule has 1 fully saturated rings. The van der Waals surface area contributed by atoms with Crippen molar-refractivity contribution in [1.82, 2.24) is 0 Å². The molecule has 0 amide bonds. The van der Waals surface area contributed by atoms with Crippen LogP contribution in [-0.2, 0) is 11.8 Å². The number of methoxy groups -OCH3 is 1. The summed E-state index contributed by atoms with van der Waals surface area (Å²) in [5.74, 6) is 1.00. The van der Waals surface area contributed by atoms with Gasteiger partial charge in [-0.15, -0.1) is 0 Å². The van der Waals surface area contributed by atoms with Crippen LogP contribution in [0.3, 0.4) is 0 Å². The molecule has 2 nitrogen and oxygen atoms in total. The van der Waals surface area contributed by atoms with Crippen molar-refractivity contribution in [2.24, 2.45) is 0 Å². The summed E-state index contributed by atoms with van der Waals surface area (Å²) in [6, 6.07) is 6.34. The average Bonchev–Trinajstić information content (AvgIpc) is 2.44. The number of hydrogen-bond donors (Lipinski definition) is 1. The Hall–Kier alpha value is -1.02. The highest BCUT2D eigenvalue weighted by atomic mass is 16.5. The van der Waals surface area contributed by atoms with Crippen molar-refractivity contribution >= 4 is 0 Å². The molecule has 1 aromatic rings. The van der Waals surface area contributed by atoms with E-state index in [0.717, 1.165) is 31.4 Å². The Bertz CT molecular complexity index is 433. The van der Waals surface area contributed by atoms with Crippen LogP contribution in [0.2, 0.25) is 0 Å². The van der Waals surface area contributed by atoms with Crippen molar-refractivity contribution in [3.63, 3.8) is 0 Å². The molecule has 2 aliphatic rings.